The maximum Gasteiger partial charge on any atom is 0.269 e. The van der Waals surface area contributed by atoms with Crippen LogP contribution in [-0.2, 0) is 14.8 Å². The number of H-pyrrole nitrogens is 1. The number of nitrogens with zero attached hydrogens (tertiary/aromatic N) is 2. The summed E-state index contributed by atoms with van der Waals surface area (Å²) in [6.07, 6.45) is 4.63. The van der Waals surface area contributed by atoms with Crippen LogP contribution in [-0.4, -0.2) is 54.1 Å². The molecule has 0 fully saturated rings. The highest BCUT2D eigenvalue weighted by Crippen LogP contribution is 2.31. The number of carbonyl (C=O) groups excluding carboxylic acids is 2. The van der Waals surface area contributed by atoms with E-state index in [9.17, 15) is 18.0 Å². The first-order chi connectivity index (χ1) is 14.5. The molecule has 2 aliphatic rings. The number of benzene rings is 2. The van der Waals surface area contributed by atoms with E-state index in [1.165, 1.54) is 12.1 Å². The van der Waals surface area contributed by atoms with Gasteiger partial charge in [-0.2, -0.15) is 0 Å². The van der Waals surface area contributed by atoms with Crippen LogP contribution in [0, 0.1) is 0 Å². The van der Waals surface area contributed by atoms with Gasteiger partial charge in [0, 0.05) is 35.8 Å². The second kappa shape index (κ2) is 6.84. The Labute approximate surface area is 173 Å². The number of nitrogens with one attached hydrogen (secondary N) is 1. The van der Waals surface area contributed by atoms with E-state index in [1.54, 1.807) is 17.0 Å². The first-order valence-electron chi connectivity index (χ1n) is 9.66. The molecule has 0 aliphatic carbocycles. The van der Waals surface area contributed by atoms with Gasteiger partial charge in [-0.15, -0.1) is 0 Å². The topological polar surface area (TPSA) is 90.6 Å². The van der Waals surface area contributed by atoms with Gasteiger partial charge in [-0.25, -0.2) is 12.7 Å². The van der Waals surface area contributed by atoms with Crippen molar-refractivity contribution in [2.75, 3.05) is 19.6 Å². The molecule has 0 atom stereocenters. The Morgan fingerprint density at radius 3 is 2.57 bits per heavy atom. The first kappa shape index (κ1) is 18.6. The zero-order chi connectivity index (χ0) is 20.9. The van der Waals surface area contributed by atoms with Gasteiger partial charge in [0.1, 0.15) is 11.4 Å². The normalized spacial score (nSPS) is 17.9. The predicted molar refractivity (Wildman–Crippen MR) is 112 cm³/mol. The fraction of sp³-hybridized carbons (Fsp3) is 0.182. The van der Waals surface area contributed by atoms with Gasteiger partial charge in [0.2, 0.25) is 5.91 Å². The minimum atomic E-state index is -3.98. The van der Waals surface area contributed by atoms with Gasteiger partial charge in [0.15, 0.2) is 0 Å². The van der Waals surface area contributed by atoms with Gasteiger partial charge in [-0.05, 0) is 30.2 Å². The van der Waals surface area contributed by atoms with Crippen LogP contribution in [0.5, 0.6) is 0 Å². The third-order valence-electron chi connectivity index (χ3n) is 5.69. The lowest BCUT2D eigenvalue weighted by atomic mass is 9.99. The Morgan fingerprint density at radius 1 is 1.03 bits per heavy atom. The molecular formula is C22H19N3O4S. The van der Waals surface area contributed by atoms with E-state index in [2.05, 4.69) is 11.1 Å². The van der Waals surface area contributed by atoms with Crippen molar-refractivity contribution in [3.8, 4) is 0 Å². The molecular weight excluding hydrogens is 402 g/mol. The maximum absolute atomic E-state index is 12.8. The SMILES string of the molecule is O=C(CN1C(=O)c2ccccc2S1(=O)=O)N1CC=C(c2c[nH]c3ccccc23)CC1. The Kier molecular flexibility index (Phi) is 4.25. The molecule has 5 rings (SSSR count). The fourth-order valence-electron chi connectivity index (χ4n) is 4.09. The number of sulfonamides is 1. The van der Waals surface area contributed by atoms with Crippen LogP contribution in [0.3, 0.4) is 0 Å². The summed E-state index contributed by atoms with van der Waals surface area (Å²) in [4.78, 5) is 30.1. The molecule has 2 amide bonds. The lowest BCUT2D eigenvalue weighted by Crippen LogP contribution is -2.44. The second-order valence-electron chi connectivity index (χ2n) is 7.38. The summed E-state index contributed by atoms with van der Waals surface area (Å²) in [6.45, 7) is 0.369. The molecule has 30 heavy (non-hydrogen) atoms. The lowest BCUT2D eigenvalue weighted by molar-refractivity contribution is -0.130. The summed E-state index contributed by atoms with van der Waals surface area (Å²) in [6, 6.07) is 14.1. The van der Waals surface area contributed by atoms with Crippen molar-refractivity contribution in [3.05, 3.63) is 71.9 Å². The minimum Gasteiger partial charge on any atom is -0.361 e. The number of aromatic amines is 1. The number of para-hydroxylation sites is 1. The largest absolute Gasteiger partial charge is 0.361 e. The van der Waals surface area contributed by atoms with E-state index in [-0.39, 0.29) is 16.4 Å². The van der Waals surface area contributed by atoms with Gasteiger partial charge >= 0.3 is 0 Å². The summed E-state index contributed by atoms with van der Waals surface area (Å²) in [7, 11) is -3.98. The Morgan fingerprint density at radius 2 is 1.80 bits per heavy atom. The Bertz CT molecular complexity index is 1320. The van der Waals surface area contributed by atoms with Gasteiger partial charge < -0.3 is 9.88 Å². The van der Waals surface area contributed by atoms with Crippen molar-refractivity contribution < 1.29 is 18.0 Å². The molecule has 0 saturated heterocycles. The van der Waals surface area contributed by atoms with Crippen molar-refractivity contribution >= 4 is 38.3 Å². The van der Waals surface area contributed by atoms with Crippen LogP contribution in [0.25, 0.3) is 16.5 Å². The quantitative estimate of drug-likeness (QED) is 0.704. The molecule has 8 heteroatoms. The summed E-state index contributed by atoms with van der Waals surface area (Å²) < 4.78 is 26.0. The molecule has 0 unspecified atom stereocenters. The molecule has 3 heterocycles. The van der Waals surface area contributed by atoms with E-state index in [1.807, 2.05) is 30.5 Å². The van der Waals surface area contributed by atoms with Crippen LogP contribution in [0.15, 0.2) is 65.7 Å². The van der Waals surface area contributed by atoms with Gasteiger partial charge in [-0.1, -0.05) is 36.4 Å². The number of fused-ring (bicyclic) bond motifs is 2. The van der Waals surface area contributed by atoms with Crippen LogP contribution >= 0.6 is 0 Å². The first-order valence-corrected chi connectivity index (χ1v) is 11.1. The Hall–Kier alpha value is -3.39. The van der Waals surface area contributed by atoms with Crippen LogP contribution in [0.2, 0.25) is 0 Å². The zero-order valence-corrected chi connectivity index (χ0v) is 16.9. The number of aromatic nitrogens is 1. The fourth-order valence-corrected chi connectivity index (χ4v) is 5.61. The third kappa shape index (κ3) is 2.83. The lowest BCUT2D eigenvalue weighted by Gasteiger charge is -2.28. The summed E-state index contributed by atoms with van der Waals surface area (Å²) >= 11 is 0. The molecule has 3 aromatic rings. The molecule has 0 saturated carbocycles. The maximum atomic E-state index is 12.8. The van der Waals surface area contributed by atoms with Gasteiger partial charge in [-0.3, -0.25) is 9.59 Å². The number of amides is 2. The van der Waals surface area contributed by atoms with E-state index in [0.29, 0.717) is 23.8 Å². The highest BCUT2D eigenvalue weighted by Gasteiger charge is 2.42. The van der Waals surface area contributed by atoms with Crippen molar-refractivity contribution in [2.24, 2.45) is 0 Å². The van der Waals surface area contributed by atoms with E-state index in [0.717, 1.165) is 22.0 Å². The molecule has 152 valence electrons. The molecule has 2 aliphatic heterocycles. The molecule has 1 N–H and O–H groups in total. The minimum absolute atomic E-state index is 0.0389. The number of hydrogen-bond donors (Lipinski definition) is 1. The highest BCUT2D eigenvalue weighted by atomic mass is 32.2. The van der Waals surface area contributed by atoms with E-state index >= 15 is 0 Å². The average Bonchev–Trinajstić information content (AvgIpc) is 3.28. The van der Waals surface area contributed by atoms with Crippen LogP contribution in [0.1, 0.15) is 22.3 Å². The van der Waals surface area contributed by atoms with Crippen molar-refractivity contribution in [1.29, 1.82) is 0 Å². The van der Waals surface area contributed by atoms with E-state index < -0.39 is 22.5 Å². The number of hydrogen-bond acceptors (Lipinski definition) is 4. The number of rotatable bonds is 3. The third-order valence-corrected chi connectivity index (χ3v) is 7.47. The molecule has 2 aromatic carbocycles. The predicted octanol–water partition coefficient (Wildman–Crippen LogP) is 2.63. The molecule has 1 aromatic heterocycles. The highest BCUT2D eigenvalue weighted by molar-refractivity contribution is 7.90. The smallest absolute Gasteiger partial charge is 0.269 e. The van der Waals surface area contributed by atoms with Crippen molar-refractivity contribution in [3.63, 3.8) is 0 Å². The number of carbonyl (C=O) groups is 2. The van der Waals surface area contributed by atoms with Crippen LogP contribution in [0.4, 0.5) is 0 Å². The molecule has 0 spiro atoms. The van der Waals surface area contributed by atoms with Crippen molar-refractivity contribution in [2.45, 2.75) is 11.3 Å². The monoisotopic (exact) mass is 421 g/mol. The summed E-state index contributed by atoms with van der Waals surface area (Å²) in [5, 5.41) is 1.13. The standard InChI is InChI=1S/C22H19N3O4S/c26-21(14-25-22(27)17-6-2-4-8-20(17)30(25,28)29)24-11-9-15(10-12-24)18-13-23-19-7-3-1-5-16(18)19/h1-9,13,23H,10-12,14H2. The average molecular weight is 421 g/mol. The summed E-state index contributed by atoms with van der Waals surface area (Å²) in [5.74, 6) is -1.03. The summed E-state index contributed by atoms with van der Waals surface area (Å²) in [5.41, 5.74) is 3.44. The van der Waals surface area contributed by atoms with Gasteiger partial charge in [0.25, 0.3) is 15.9 Å². The molecule has 0 bridgehead atoms. The molecule has 0 radical (unpaired) electrons. The van der Waals surface area contributed by atoms with Crippen LogP contribution < -0.4 is 0 Å². The molecule has 7 nitrogen and oxygen atoms in total. The zero-order valence-electron chi connectivity index (χ0n) is 16.0. The Balaban J connectivity index is 1.33. The van der Waals surface area contributed by atoms with E-state index in [4.69, 9.17) is 0 Å². The van der Waals surface area contributed by atoms with Crippen molar-refractivity contribution in [1.82, 2.24) is 14.2 Å². The van der Waals surface area contributed by atoms with Gasteiger partial charge in [0.05, 0.1) is 5.56 Å². The second-order valence-corrected chi connectivity index (χ2v) is 9.21.